The van der Waals surface area contributed by atoms with Gasteiger partial charge in [-0.2, -0.15) is 0 Å². The number of aliphatic hydroxyl groups is 1. The summed E-state index contributed by atoms with van der Waals surface area (Å²) in [5.74, 6) is -15.7. The molecule has 5 fully saturated rings. The van der Waals surface area contributed by atoms with Crippen LogP contribution < -0.4 is 0 Å². The third-order valence-corrected chi connectivity index (χ3v) is 24.3. The minimum atomic E-state index is -2.52. The van der Waals surface area contributed by atoms with Crippen LogP contribution in [-0.4, -0.2) is 295 Å². The predicted octanol–water partition coefficient (Wildman–Crippen LogP) is 6.99. The summed E-state index contributed by atoms with van der Waals surface area (Å²) in [6, 6.07) is 45.5. The first kappa shape index (κ1) is 102. The van der Waals surface area contributed by atoms with E-state index in [1.807, 2.05) is 0 Å². The summed E-state index contributed by atoms with van der Waals surface area (Å²) in [5, 5.41) is 17.6. The minimum Gasteiger partial charge on any atom is -0.463 e. The molecule has 42 nitrogen and oxygen atoms in total. The summed E-state index contributed by atoms with van der Waals surface area (Å²) < 4.78 is 138. The van der Waals surface area contributed by atoms with Crippen LogP contribution in [0.3, 0.4) is 0 Å². The van der Waals surface area contributed by atoms with Crippen molar-refractivity contribution in [3.8, 4) is 0 Å². The number of imide groups is 3. The number of hydrogen-bond donors (Lipinski definition) is 1. The van der Waals surface area contributed by atoms with Crippen molar-refractivity contribution < 1.29 is 172 Å². The zero-order valence-electron chi connectivity index (χ0n) is 76.8. The fourth-order valence-electron chi connectivity index (χ4n) is 18.1. The molecule has 0 bridgehead atoms. The second-order valence-corrected chi connectivity index (χ2v) is 34.0. The van der Waals surface area contributed by atoms with E-state index in [2.05, 4.69) is 10.0 Å². The lowest BCUT2D eigenvalue weighted by atomic mass is 9.92. The first-order valence-electron chi connectivity index (χ1n) is 44.9. The number of amides is 6. The number of hydrogen-bond acceptors (Lipinski definition) is 37. The number of carbonyl (C=O) groups is 14. The predicted molar refractivity (Wildman–Crippen MR) is 475 cm³/mol. The lowest BCUT2D eigenvalue weighted by Gasteiger charge is -2.53. The lowest BCUT2D eigenvalue weighted by molar-refractivity contribution is -0.394. The van der Waals surface area contributed by atoms with E-state index >= 15 is 28.8 Å². The number of rotatable bonds is 38. The van der Waals surface area contributed by atoms with Crippen LogP contribution >= 0.6 is 11.6 Å². The number of ether oxygens (including phenoxy) is 21. The number of benzene rings is 7. The molecule has 7 aromatic rings. The van der Waals surface area contributed by atoms with Crippen LogP contribution in [0, 0.1) is 0 Å². The van der Waals surface area contributed by atoms with Crippen LogP contribution in [0.25, 0.3) is 10.4 Å². The third kappa shape index (κ3) is 23.5. The molecule has 15 rings (SSSR count). The van der Waals surface area contributed by atoms with Crippen LogP contribution in [0.1, 0.15) is 133 Å². The largest absolute Gasteiger partial charge is 0.463 e. The van der Waals surface area contributed by atoms with Gasteiger partial charge in [-0.15, -0.1) is 11.6 Å². The van der Waals surface area contributed by atoms with Crippen molar-refractivity contribution in [2.45, 2.75) is 228 Å². The number of halogens is 1. The Labute approximate surface area is 809 Å². The highest BCUT2D eigenvalue weighted by Gasteiger charge is 2.65. The minimum absolute atomic E-state index is 0.0513. The van der Waals surface area contributed by atoms with Crippen molar-refractivity contribution in [3.63, 3.8) is 0 Å². The number of carbonyl (C=O) groups excluding carboxylic acids is 14. The second-order valence-electron chi connectivity index (χ2n) is 33.7. The fourth-order valence-corrected chi connectivity index (χ4v) is 18.2. The molecule has 8 heterocycles. The first-order chi connectivity index (χ1) is 68.0. The molecule has 0 aromatic heterocycles. The highest BCUT2D eigenvalue weighted by atomic mass is 35.5. The van der Waals surface area contributed by atoms with Crippen molar-refractivity contribution >= 4 is 94.8 Å². The highest BCUT2D eigenvalue weighted by molar-refractivity contribution is 6.26. The monoisotopic (exact) mass is 1970 g/mol. The van der Waals surface area contributed by atoms with Gasteiger partial charge in [-0.05, 0) is 64.2 Å². The van der Waals surface area contributed by atoms with E-state index in [-0.39, 0.29) is 53.2 Å². The Morgan fingerprint density at radius 2 is 0.624 bits per heavy atom. The van der Waals surface area contributed by atoms with Gasteiger partial charge >= 0.3 is 47.8 Å². The van der Waals surface area contributed by atoms with Gasteiger partial charge in [0.2, 0.25) is 0 Å². The Morgan fingerprint density at radius 3 is 1.02 bits per heavy atom. The number of nitrogens with zero attached hydrogens (tertiary/aromatic N) is 6. The number of azide groups is 1. The molecule has 6 amide bonds. The van der Waals surface area contributed by atoms with Crippen molar-refractivity contribution in [2.75, 3.05) is 38.9 Å². The molecule has 141 heavy (non-hydrogen) atoms. The van der Waals surface area contributed by atoms with E-state index in [1.165, 1.54) is 60.7 Å². The van der Waals surface area contributed by atoms with Crippen LogP contribution in [-0.2, 0) is 164 Å². The molecule has 5 saturated heterocycles. The van der Waals surface area contributed by atoms with E-state index in [0.29, 0.717) is 27.2 Å². The summed E-state index contributed by atoms with van der Waals surface area (Å²) in [7, 11) is 0. The van der Waals surface area contributed by atoms with E-state index < -0.39 is 282 Å². The maximum absolute atomic E-state index is 16.1. The third-order valence-electron chi connectivity index (χ3n) is 24.1. The van der Waals surface area contributed by atoms with Crippen LogP contribution in [0.5, 0.6) is 0 Å². The Morgan fingerprint density at radius 1 is 0.326 bits per heavy atom. The van der Waals surface area contributed by atoms with E-state index in [9.17, 15) is 49.0 Å². The smallest absolute Gasteiger partial charge is 0.320 e. The van der Waals surface area contributed by atoms with Crippen LogP contribution in [0.15, 0.2) is 199 Å². The average Bonchev–Trinajstić information content (AvgIpc) is 1.64. The zero-order chi connectivity index (χ0) is 100.0. The van der Waals surface area contributed by atoms with Crippen molar-refractivity contribution in [3.05, 3.63) is 260 Å². The number of alkyl halides is 1. The van der Waals surface area contributed by atoms with Crippen LogP contribution in [0.4, 0.5) is 0 Å². The molecular weight excluding hydrogens is 1870 g/mol. The van der Waals surface area contributed by atoms with Gasteiger partial charge < -0.3 is 105 Å². The van der Waals surface area contributed by atoms with Gasteiger partial charge in [0.15, 0.2) is 68.0 Å². The molecule has 0 radical (unpaired) electrons. The topological polar surface area (TPSA) is 512 Å². The molecule has 7 aromatic carbocycles. The Bertz CT molecular complexity index is 5680. The van der Waals surface area contributed by atoms with Gasteiger partial charge in [0.1, 0.15) is 111 Å². The SMILES string of the molecule is CC(=O)OC[C@H]1O[C@H](O[C@H]2[C@H](O)[C@@H](COC(=O)CCl)O[C@@H](O[C@H]3[C@H](OCc4ccccc4)[C@@H](N4C(=O)c5ccccc5C4=O)[C@H](O[C@H]4[C@H](OCc5ccccc5)[C@@H](N5C(=O)c6ccccc6C5=O)[C@H](N=[N+]=[N-])O[C@@H]4COCc4ccccc4)O[C@@H]3COCc3ccccc3)[C@H]2OC(C)=O)[C@@H](O[C@@H]2O[C@H](COC(C)=O)[C@@H](OC(C)=O)[C@H](OC(C)=O)[C@H]2N2C(=O)c3ccccc3C2=O)[C@@H](OC(C)=O)[C@@H]1OC(C)=O. The van der Waals surface area contributed by atoms with Gasteiger partial charge in [-0.25, -0.2) is 0 Å². The molecule has 744 valence electrons. The Kier molecular flexibility index (Phi) is 33.6. The molecule has 0 aliphatic carbocycles. The van der Waals surface area contributed by atoms with Gasteiger partial charge in [0, 0.05) is 53.4 Å². The number of esters is 8. The quantitative estimate of drug-likeness (QED) is 0.00774. The van der Waals surface area contributed by atoms with Crippen LogP contribution in [0.2, 0.25) is 0 Å². The maximum atomic E-state index is 16.1. The molecule has 8 aliphatic heterocycles. The van der Waals surface area contributed by atoms with Crippen molar-refractivity contribution in [1.29, 1.82) is 0 Å². The average molecular weight is 1970 g/mol. The normalized spacial score (nSPS) is 28.9. The summed E-state index contributed by atoms with van der Waals surface area (Å²) >= 11 is 6.11. The molecule has 8 aliphatic rings. The Hall–Kier alpha value is -13.2. The van der Waals surface area contributed by atoms with Gasteiger partial charge in [0.05, 0.1) is 73.0 Å². The second kappa shape index (κ2) is 46.4. The molecule has 25 atom stereocenters. The lowest BCUT2D eigenvalue weighted by Crippen LogP contribution is -2.72. The van der Waals surface area contributed by atoms with Crippen molar-refractivity contribution in [1.82, 2.24) is 14.7 Å². The molecule has 1 N–H and O–H groups in total. The maximum Gasteiger partial charge on any atom is 0.320 e. The van der Waals surface area contributed by atoms with Gasteiger partial charge in [0.25, 0.3) is 35.4 Å². The molecule has 43 heteroatoms. The summed E-state index contributed by atoms with van der Waals surface area (Å²) in [5.41, 5.74) is 11.9. The van der Waals surface area contributed by atoms with Gasteiger partial charge in [-0.1, -0.05) is 163 Å². The van der Waals surface area contributed by atoms with E-state index in [4.69, 9.17) is 111 Å². The molecule has 0 unspecified atom stereocenters. The fraction of sp³-hybridized carbons (Fsp3) is 0.429. The number of aliphatic hydroxyl groups excluding tert-OH is 1. The summed E-state index contributed by atoms with van der Waals surface area (Å²) in [6.45, 7) is 1.28. The Balaban J connectivity index is 0.913. The van der Waals surface area contributed by atoms with E-state index in [0.717, 1.165) is 58.3 Å². The van der Waals surface area contributed by atoms with E-state index in [1.54, 1.807) is 133 Å². The summed E-state index contributed by atoms with van der Waals surface area (Å²) in [6.07, 6.45) is -46.2. The standard InChI is InChI=1S/C98H99ClN6O36/c1-50(106)123-48-70-79(128-52(3)108)83(130-54(5)110)75(105-93(119)65-38-24-25-39-66(65)94(105)120)96(136-70)141-87-85(131-55(6)111)80(129-53(4)109)71(49-124-51(2)107)137-98(87)140-84-76(114)67(47-125-72(113)40-99)134-97(86(84)132-56(7)112)139-78-69(46-122-42-58-28-14-9-15-29-58)135-95(74(82(78)127-44-60-32-18-11-19-33-60)104-91(117)63-36-22-23-37-64(63)92(104)118)138-77-68(45-121-41-57-26-12-8-13-27-57)133-88(101-102-100)73(81(77)126-43-59-30-16-10-17-31-59)103-89(115)61-34-20-21-35-62(61)90(103)116/h8-39,67-71,73-88,95-98,114H,40-49H2,1-7H3/t67-,68-,69-,70-,71-,73-,74-,75-,76-,77-,78-,79-,80-,81-,82-,83-,84+,85+,86+,87+,88-,95+,96+,97+,98-/m1/s1. The first-order valence-corrected chi connectivity index (χ1v) is 45.4. The summed E-state index contributed by atoms with van der Waals surface area (Å²) in [4.78, 5) is 208. The molecular formula is C98H99ClN6O36. The zero-order valence-corrected chi connectivity index (χ0v) is 77.5. The molecule has 0 spiro atoms. The number of fused-ring (bicyclic) bond motifs is 3. The highest BCUT2D eigenvalue weighted by Crippen LogP contribution is 2.46. The van der Waals surface area contributed by atoms with Gasteiger partial charge in [-0.3, -0.25) is 81.8 Å². The van der Waals surface area contributed by atoms with Crippen molar-refractivity contribution in [2.24, 2.45) is 5.11 Å². The molecule has 0 saturated carbocycles.